The van der Waals surface area contributed by atoms with Crippen molar-refractivity contribution >= 4 is 12.2 Å². The largest absolute Gasteiger partial charge is 0.296 e. The average Bonchev–Trinajstić information content (AvgIpc) is 2.01. The van der Waals surface area contributed by atoms with E-state index < -0.39 is 0 Å². The Morgan fingerprint density at radius 3 is 3.08 bits per heavy atom. The summed E-state index contributed by atoms with van der Waals surface area (Å²) >= 11 is 4.81. The molecular weight excluding hydrogens is 174 g/mol. The summed E-state index contributed by atoms with van der Waals surface area (Å²) in [5.74, 6) is 2.38. The van der Waals surface area contributed by atoms with Crippen LogP contribution in [0.4, 0.5) is 0 Å². The quantitative estimate of drug-likeness (QED) is 0.499. The van der Waals surface area contributed by atoms with E-state index in [9.17, 15) is 4.79 Å². The van der Waals surface area contributed by atoms with Crippen molar-refractivity contribution in [3.63, 3.8) is 0 Å². The summed E-state index contributed by atoms with van der Waals surface area (Å²) in [6.07, 6.45) is 5.07. The lowest BCUT2D eigenvalue weighted by Crippen LogP contribution is -2.19. The molecule has 0 radical (unpaired) electrons. The molecule has 0 bridgehead atoms. The molecule has 0 spiro atoms. The van der Waals surface area contributed by atoms with Gasteiger partial charge in [0.2, 0.25) is 0 Å². The molecule has 62 valence electrons. The summed E-state index contributed by atoms with van der Waals surface area (Å²) in [5, 5.41) is 3.89. The third kappa shape index (κ3) is 1.60. The molecule has 0 unspecified atom stereocenters. The van der Waals surface area contributed by atoms with E-state index in [1.54, 1.807) is 6.92 Å². The topological polar surface area (TPSA) is 50.7 Å². The molecule has 0 aliphatic rings. The van der Waals surface area contributed by atoms with Gasteiger partial charge < -0.3 is 0 Å². The van der Waals surface area contributed by atoms with Crippen LogP contribution in [0.3, 0.4) is 0 Å². The molecule has 4 nitrogen and oxygen atoms in total. The number of nitrogens with zero attached hydrogens (tertiary/aromatic N) is 2. The van der Waals surface area contributed by atoms with Crippen LogP contribution < -0.4 is 5.56 Å². The smallest absolute Gasteiger partial charge is 0.273 e. The Hall–Kier alpha value is -1.41. The van der Waals surface area contributed by atoms with E-state index in [-0.39, 0.29) is 16.9 Å². The van der Waals surface area contributed by atoms with Gasteiger partial charge in [-0.15, -0.1) is 6.42 Å². The fourth-order valence-electron chi connectivity index (χ4n) is 0.718. The molecule has 1 aromatic heterocycles. The number of rotatable bonds is 1. The van der Waals surface area contributed by atoms with Gasteiger partial charge in [-0.3, -0.25) is 9.78 Å². The van der Waals surface area contributed by atoms with Crippen molar-refractivity contribution in [2.75, 3.05) is 0 Å². The van der Waals surface area contributed by atoms with Crippen molar-refractivity contribution in [1.82, 2.24) is 14.8 Å². The highest BCUT2D eigenvalue weighted by molar-refractivity contribution is 7.71. The summed E-state index contributed by atoms with van der Waals surface area (Å²) < 4.78 is 1.65. The summed E-state index contributed by atoms with van der Waals surface area (Å²) in [5.41, 5.74) is 0.0899. The van der Waals surface area contributed by atoms with Crippen LogP contribution in [-0.2, 0) is 6.54 Å². The van der Waals surface area contributed by atoms with Crippen molar-refractivity contribution < 1.29 is 0 Å². The molecule has 0 aromatic carbocycles. The molecular formula is C7H7N3OS. The van der Waals surface area contributed by atoms with Crippen LogP contribution in [0.15, 0.2) is 4.79 Å². The van der Waals surface area contributed by atoms with Gasteiger partial charge in [0.25, 0.3) is 5.56 Å². The van der Waals surface area contributed by atoms with Crippen LogP contribution >= 0.6 is 12.2 Å². The average molecular weight is 181 g/mol. The number of nitrogens with one attached hydrogen (secondary N) is 1. The first-order valence-corrected chi connectivity index (χ1v) is 3.67. The van der Waals surface area contributed by atoms with Crippen LogP contribution in [0.1, 0.15) is 5.69 Å². The third-order valence-corrected chi connectivity index (χ3v) is 1.61. The second kappa shape index (κ2) is 3.32. The van der Waals surface area contributed by atoms with Crippen LogP contribution in [0.5, 0.6) is 0 Å². The van der Waals surface area contributed by atoms with Gasteiger partial charge in [0.15, 0.2) is 4.77 Å². The number of hydrogen-bond donors (Lipinski definition) is 1. The van der Waals surface area contributed by atoms with Crippen molar-refractivity contribution in [3.8, 4) is 12.3 Å². The van der Waals surface area contributed by atoms with Crippen molar-refractivity contribution in [2.24, 2.45) is 0 Å². The lowest BCUT2D eigenvalue weighted by atomic mass is 10.5. The van der Waals surface area contributed by atoms with Crippen LogP contribution in [-0.4, -0.2) is 14.8 Å². The summed E-state index contributed by atoms with van der Waals surface area (Å²) in [6.45, 7) is 1.87. The van der Waals surface area contributed by atoms with Gasteiger partial charge in [0, 0.05) is 0 Å². The molecule has 0 amide bonds. The maximum Gasteiger partial charge on any atom is 0.273 e. The fourth-order valence-corrected chi connectivity index (χ4v) is 0.916. The summed E-state index contributed by atoms with van der Waals surface area (Å²) in [4.78, 5) is 13.4. The highest BCUT2D eigenvalue weighted by Gasteiger charge is 1.96. The van der Waals surface area contributed by atoms with E-state index in [2.05, 4.69) is 16.0 Å². The molecule has 0 aliphatic carbocycles. The predicted molar refractivity (Wildman–Crippen MR) is 47.3 cm³/mol. The summed E-state index contributed by atoms with van der Waals surface area (Å²) in [7, 11) is 0. The Morgan fingerprint density at radius 1 is 1.83 bits per heavy atom. The van der Waals surface area contributed by atoms with Gasteiger partial charge >= 0.3 is 0 Å². The minimum atomic E-state index is -0.270. The van der Waals surface area contributed by atoms with E-state index in [1.165, 1.54) is 4.68 Å². The zero-order valence-corrected chi connectivity index (χ0v) is 7.31. The Labute approximate surface area is 74.2 Å². The first kappa shape index (κ1) is 8.68. The number of terminal acetylenes is 1. The zero-order valence-electron chi connectivity index (χ0n) is 6.50. The van der Waals surface area contributed by atoms with Crippen molar-refractivity contribution in [3.05, 3.63) is 20.8 Å². The fraction of sp³-hybridized carbons (Fsp3) is 0.286. The van der Waals surface area contributed by atoms with E-state index in [4.69, 9.17) is 18.6 Å². The van der Waals surface area contributed by atoms with Crippen LogP contribution in [0, 0.1) is 24.0 Å². The molecule has 12 heavy (non-hydrogen) atoms. The molecule has 0 aliphatic heterocycles. The molecule has 0 saturated heterocycles. The van der Waals surface area contributed by atoms with E-state index in [1.807, 2.05) is 0 Å². The lowest BCUT2D eigenvalue weighted by molar-refractivity contribution is 0.634. The number of aromatic amines is 1. The number of aryl methyl sites for hydroxylation is 1. The van der Waals surface area contributed by atoms with Crippen molar-refractivity contribution in [2.45, 2.75) is 13.5 Å². The highest BCUT2D eigenvalue weighted by Crippen LogP contribution is 1.84. The van der Waals surface area contributed by atoms with Gasteiger partial charge in [-0.05, 0) is 19.1 Å². The standard InChI is InChI=1S/C7H7N3OS/c1-3-4-10-7(12)8-6(11)5(2)9-10/h1H,4H2,2H3,(H,8,11,12). The maximum atomic E-state index is 10.9. The van der Waals surface area contributed by atoms with Gasteiger partial charge in [-0.1, -0.05) is 5.92 Å². The molecule has 1 rings (SSSR count). The molecule has 1 aromatic rings. The van der Waals surface area contributed by atoms with Crippen LogP contribution in [0.2, 0.25) is 0 Å². The lowest BCUT2D eigenvalue weighted by Gasteiger charge is -1.99. The molecule has 0 atom stereocenters. The van der Waals surface area contributed by atoms with Gasteiger partial charge in [-0.25, -0.2) is 4.68 Å². The van der Waals surface area contributed by atoms with E-state index in [0.29, 0.717) is 5.69 Å². The van der Waals surface area contributed by atoms with Gasteiger partial charge in [0.1, 0.15) is 12.2 Å². The highest BCUT2D eigenvalue weighted by atomic mass is 32.1. The number of aromatic nitrogens is 3. The van der Waals surface area contributed by atoms with Gasteiger partial charge in [-0.2, -0.15) is 5.10 Å². The van der Waals surface area contributed by atoms with Crippen LogP contribution in [0.25, 0.3) is 0 Å². The Kier molecular flexibility index (Phi) is 2.41. The van der Waals surface area contributed by atoms with E-state index in [0.717, 1.165) is 0 Å². The second-order valence-electron chi connectivity index (χ2n) is 2.21. The van der Waals surface area contributed by atoms with E-state index >= 15 is 0 Å². The predicted octanol–water partition coefficient (Wildman–Crippen LogP) is 0.243. The Bertz CT molecular complexity index is 437. The second-order valence-corrected chi connectivity index (χ2v) is 2.59. The SMILES string of the molecule is C#CCn1nc(C)c(=O)[nH]c1=S. The molecule has 1 heterocycles. The normalized spacial score (nSPS) is 9.33. The zero-order chi connectivity index (χ0) is 9.14. The minimum absolute atomic E-state index is 0.253. The Balaban J connectivity index is 3.35. The molecule has 5 heteroatoms. The first-order valence-electron chi connectivity index (χ1n) is 3.26. The Morgan fingerprint density at radius 2 is 2.50 bits per heavy atom. The van der Waals surface area contributed by atoms with Gasteiger partial charge in [0.05, 0.1) is 0 Å². The number of hydrogen-bond acceptors (Lipinski definition) is 3. The molecule has 0 fully saturated rings. The maximum absolute atomic E-state index is 10.9. The monoisotopic (exact) mass is 181 g/mol. The van der Waals surface area contributed by atoms with Crippen molar-refractivity contribution in [1.29, 1.82) is 0 Å². The molecule has 0 saturated carbocycles. The number of H-pyrrole nitrogens is 1. The first-order chi connectivity index (χ1) is 5.65. The summed E-state index contributed by atoms with van der Waals surface area (Å²) in [6, 6.07) is 0. The molecule has 1 N–H and O–H groups in total. The third-order valence-electron chi connectivity index (χ3n) is 1.30. The minimum Gasteiger partial charge on any atom is -0.296 e.